The predicted octanol–water partition coefficient (Wildman–Crippen LogP) is 1.29. The highest BCUT2D eigenvalue weighted by Crippen LogP contribution is 2.38. The smallest absolute Gasteiger partial charge is 0.0896 e. The molecule has 0 bridgehead atoms. The molecule has 1 saturated carbocycles. The summed E-state index contributed by atoms with van der Waals surface area (Å²) in [5.74, 6) is 0. The molecule has 1 aliphatic carbocycles. The van der Waals surface area contributed by atoms with Gasteiger partial charge in [0.25, 0.3) is 0 Å². The predicted molar refractivity (Wildman–Crippen MR) is 68.4 cm³/mol. The molecule has 0 saturated heterocycles. The molecule has 1 fully saturated rings. The van der Waals surface area contributed by atoms with Crippen molar-refractivity contribution in [2.45, 2.75) is 37.9 Å². The highest BCUT2D eigenvalue weighted by molar-refractivity contribution is 6.08. The van der Waals surface area contributed by atoms with E-state index in [1.165, 1.54) is 5.56 Å². The lowest BCUT2D eigenvalue weighted by Gasteiger charge is -2.22. The van der Waals surface area contributed by atoms with Gasteiger partial charge < -0.3 is 9.84 Å². The van der Waals surface area contributed by atoms with Crippen molar-refractivity contribution in [3.63, 3.8) is 0 Å². The van der Waals surface area contributed by atoms with E-state index in [4.69, 9.17) is 4.74 Å². The average molecular weight is 236 g/mol. The average Bonchev–Trinajstić information content (AvgIpc) is 2.75. The second kappa shape index (κ2) is 5.12. The Hall–Kier alpha value is -0.643. The third kappa shape index (κ3) is 2.54. The Morgan fingerprint density at radius 3 is 2.38 bits per heavy atom. The Balaban J connectivity index is 2.06. The van der Waals surface area contributed by atoms with Crippen molar-refractivity contribution in [3.05, 3.63) is 35.4 Å². The van der Waals surface area contributed by atoms with Crippen molar-refractivity contribution >= 4 is 10.2 Å². The molecule has 1 aromatic carbocycles. The first-order valence-electron chi connectivity index (χ1n) is 6.14. The van der Waals surface area contributed by atoms with Gasteiger partial charge in [-0.1, -0.05) is 37.1 Å². The topological polar surface area (TPSA) is 29.5 Å². The van der Waals surface area contributed by atoms with Gasteiger partial charge in [-0.15, -0.1) is 0 Å². The second-order valence-electron chi connectivity index (χ2n) is 4.57. The van der Waals surface area contributed by atoms with E-state index in [9.17, 15) is 5.11 Å². The Bertz CT molecular complexity index is 328. The van der Waals surface area contributed by atoms with Crippen LogP contribution in [0.1, 0.15) is 36.8 Å². The summed E-state index contributed by atoms with van der Waals surface area (Å²) in [5, 5.41) is 10.4. The molecule has 0 radical (unpaired) electrons. The zero-order valence-corrected chi connectivity index (χ0v) is 11.9. The lowest BCUT2D eigenvalue weighted by Crippen LogP contribution is -2.20. The maximum atomic E-state index is 10.4. The summed E-state index contributed by atoms with van der Waals surface area (Å²) < 4.78 is 5.41. The first-order chi connectivity index (χ1) is 7.74. The molecular formula is C13H20O2Si. The Morgan fingerprint density at radius 2 is 1.81 bits per heavy atom. The second-order valence-corrected chi connectivity index (χ2v) is 5.15. The van der Waals surface area contributed by atoms with E-state index in [-0.39, 0.29) is 0 Å². The summed E-state index contributed by atoms with van der Waals surface area (Å²) in [5.41, 5.74) is 1.71. The summed E-state index contributed by atoms with van der Waals surface area (Å²) in [7, 11) is 1.09. The van der Waals surface area contributed by atoms with E-state index in [0.717, 1.165) is 47.7 Å². The van der Waals surface area contributed by atoms with Crippen LogP contribution in [0.25, 0.3) is 0 Å². The van der Waals surface area contributed by atoms with E-state index in [2.05, 4.69) is 24.3 Å². The largest absolute Gasteiger partial charge is 0.385 e. The Morgan fingerprint density at radius 1 is 1.19 bits per heavy atom. The molecule has 88 valence electrons. The van der Waals surface area contributed by atoms with Gasteiger partial charge >= 0.3 is 0 Å². The van der Waals surface area contributed by atoms with Crippen molar-refractivity contribution < 1.29 is 9.84 Å². The molecule has 0 spiro atoms. The van der Waals surface area contributed by atoms with Crippen LogP contribution in [0.15, 0.2) is 24.3 Å². The van der Waals surface area contributed by atoms with Crippen molar-refractivity contribution in [1.29, 1.82) is 0 Å². The van der Waals surface area contributed by atoms with Crippen molar-refractivity contribution in [3.8, 4) is 0 Å². The molecule has 0 aromatic heterocycles. The van der Waals surface area contributed by atoms with Crippen molar-refractivity contribution in [2.24, 2.45) is 0 Å². The van der Waals surface area contributed by atoms with Crippen LogP contribution >= 0.6 is 0 Å². The number of hydrogen-bond donors (Lipinski definition) is 1. The van der Waals surface area contributed by atoms with Crippen LogP contribution in [0.2, 0.25) is 0 Å². The molecular weight excluding hydrogens is 216 g/mol. The summed E-state index contributed by atoms with van der Waals surface area (Å²) in [6.45, 7) is 0.697. The normalized spacial score (nSPS) is 19.1. The molecule has 2 rings (SSSR count). The minimum absolute atomic E-state index is 0.558. The molecule has 1 N–H and O–H groups in total. The van der Waals surface area contributed by atoms with Gasteiger partial charge in [0.05, 0.1) is 12.2 Å². The molecule has 3 heteroatoms. The third-order valence-corrected chi connectivity index (χ3v) is 3.80. The highest BCUT2D eigenvalue weighted by atomic mass is 28.1. The lowest BCUT2D eigenvalue weighted by molar-refractivity contribution is 0.0444. The highest BCUT2D eigenvalue weighted by Gasteiger charge is 2.32. The maximum absolute atomic E-state index is 10.4. The van der Waals surface area contributed by atoms with Gasteiger partial charge in [-0.3, -0.25) is 0 Å². The van der Waals surface area contributed by atoms with Gasteiger partial charge in [0.15, 0.2) is 0 Å². The first kappa shape index (κ1) is 11.8. The van der Waals surface area contributed by atoms with Crippen LogP contribution in [0.5, 0.6) is 0 Å². The van der Waals surface area contributed by atoms with Crippen molar-refractivity contribution in [2.75, 3.05) is 6.23 Å². The third-order valence-electron chi connectivity index (χ3n) is 3.39. The Kier molecular flexibility index (Phi) is 3.79. The minimum atomic E-state index is -0.558. The summed E-state index contributed by atoms with van der Waals surface area (Å²) >= 11 is 0. The lowest BCUT2D eigenvalue weighted by atomic mass is 9.92. The number of hydrogen-bond acceptors (Lipinski definition) is 2. The Labute approximate surface area is 100 Å². The van der Waals surface area contributed by atoms with Gasteiger partial charge in [0.1, 0.15) is 0 Å². The van der Waals surface area contributed by atoms with Gasteiger partial charge in [-0.2, -0.15) is 0 Å². The van der Waals surface area contributed by atoms with E-state index in [1.807, 2.05) is 0 Å². The van der Waals surface area contributed by atoms with Gasteiger partial charge in [0.2, 0.25) is 0 Å². The number of ether oxygens (including phenoxy) is 1. The molecule has 0 heterocycles. The van der Waals surface area contributed by atoms with Crippen LogP contribution in [-0.2, 0) is 16.9 Å². The number of aliphatic hydroxyl groups is 1. The van der Waals surface area contributed by atoms with Crippen LogP contribution in [-0.4, -0.2) is 21.6 Å². The van der Waals surface area contributed by atoms with E-state index in [0.29, 0.717) is 6.61 Å². The monoisotopic (exact) mass is 236 g/mol. The standard InChI is InChI=1S/C13H20O2Si/c14-13(7-1-2-8-13)12-5-3-11(4-6-12)9-15-10-16/h3-6,14H,1-2,7-10H2,16H3. The first-order valence-corrected chi connectivity index (χ1v) is 7.55. The van der Waals surface area contributed by atoms with Crippen LogP contribution in [0, 0.1) is 0 Å². The fourth-order valence-corrected chi connectivity index (χ4v) is 2.58. The van der Waals surface area contributed by atoms with E-state index >= 15 is 0 Å². The summed E-state index contributed by atoms with van der Waals surface area (Å²) in [6.07, 6.45) is 4.97. The number of rotatable bonds is 4. The molecule has 0 aliphatic heterocycles. The molecule has 0 unspecified atom stereocenters. The van der Waals surface area contributed by atoms with Crippen LogP contribution < -0.4 is 0 Å². The maximum Gasteiger partial charge on any atom is 0.0896 e. The van der Waals surface area contributed by atoms with E-state index < -0.39 is 5.60 Å². The summed E-state index contributed by atoms with van der Waals surface area (Å²) in [4.78, 5) is 0. The fourth-order valence-electron chi connectivity index (χ4n) is 2.38. The molecule has 16 heavy (non-hydrogen) atoms. The molecule has 1 aliphatic rings. The molecule has 0 amide bonds. The van der Waals surface area contributed by atoms with Crippen molar-refractivity contribution in [1.82, 2.24) is 0 Å². The van der Waals surface area contributed by atoms with Gasteiger partial charge in [0, 0.05) is 16.5 Å². The summed E-state index contributed by atoms with van der Waals surface area (Å²) in [6, 6.07) is 8.25. The molecule has 1 aromatic rings. The van der Waals surface area contributed by atoms with Gasteiger partial charge in [-0.25, -0.2) is 0 Å². The quantitative estimate of drug-likeness (QED) is 0.798. The zero-order valence-electron chi connectivity index (χ0n) is 9.91. The fraction of sp³-hybridized carbons (Fsp3) is 0.538. The SMILES string of the molecule is OC1(c2ccc(COC[SiH3])cc2)CCCC1. The van der Waals surface area contributed by atoms with Gasteiger partial charge in [-0.05, 0) is 24.0 Å². The van der Waals surface area contributed by atoms with Crippen LogP contribution in [0.3, 0.4) is 0 Å². The zero-order chi connectivity index (χ0) is 11.4. The van der Waals surface area contributed by atoms with E-state index in [1.54, 1.807) is 0 Å². The molecule has 0 atom stereocenters. The molecule has 2 nitrogen and oxygen atoms in total. The van der Waals surface area contributed by atoms with Crippen LogP contribution in [0.4, 0.5) is 0 Å². The number of benzene rings is 1. The minimum Gasteiger partial charge on any atom is -0.385 e.